The molecule has 1 aromatic carbocycles. The van der Waals surface area contributed by atoms with Crippen molar-refractivity contribution < 1.29 is 14.3 Å². The number of nitrogens with zero attached hydrogens (tertiary/aromatic N) is 1. The summed E-state index contributed by atoms with van der Waals surface area (Å²) in [6.07, 6.45) is 2.16. The summed E-state index contributed by atoms with van der Waals surface area (Å²) in [5.41, 5.74) is 0.263. The van der Waals surface area contributed by atoms with Gasteiger partial charge in [-0.3, -0.25) is 4.79 Å². The van der Waals surface area contributed by atoms with Gasteiger partial charge in [-0.25, -0.2) is 4.79 Å². The third kappa shape index (κ3) is 2.85. The fourth-order valence-corrected chi connectivity index (χ4v) is 5.05. The predicted octanol–water partition coefficient (Wildman–Crippen LogP) is 2.28. The Morgan fingerprint density at radius 1 is 1.35 bits per heavy atom. The number of hydrogen-bond acceptors (Lipinski definition) is 3. The minimum Gasteiger partial charge on any atom is -0.369 e. The van der Waals surface area contributed by atoms with Gasteiger partial charge in [0.2, 0.25) is 0 Å². The molecule has 7 heteroatoms. The van der Waals surface area contributed by atoms with Crippen molar-refractivity contribution in [1.29, 1.82) is 0 Å². The molecule has 3 heterocycles. The van der Waals surface area contributed by atoms with Crippen LogP contribution in [0, 0.1) is 11.8 Å². The van der Waals surface area contributed by atoms with Gasteiger partial charge in [-0.15, -0.1) is 0 Å². The minimum absolute atomic E-state index is 0.0258. The quantitative estimate of drug-likeness (QED) is 0.845. The Balaban J connectivity index is 1.43. The molecule has 2 bridgehead atoms. The average Bonchev–Trinajstić information content (AvgIpc) is 3.28. The van der Waals surface area contributed by atoms with Crippen LogP contribution in [0.25, 0.3) is 0 Å². The van der Waals surface area contributed by atoms with Crippen LogP contribution in [-0.4, -0.2) is 54.7 Å². The first kappa shape index (κ1) is 17.6. The molecule has 4 rings (SSSR count). The maximum atomic E-state index is 12.5. The normalized spacial score (nSPS) is 31.8. The lowest BCUT2D eigenvalue weighted by Crippen LogP contribution is -2.42. The van der Waals surface area contributed by atoms with Crippen molar-refractivity contribution in [2.75, 3.05) is 26.2 Å². The largest absolute Gasteiger partial charge is 0.369 e. The molecule has 3 amide bonds. The van der Waals surface area contributed by atoms with E-state index in [-0.39, 0.29) is 35.5 Å². The number of carbonyl (C=O) groups excluding carboxylic acids is 2. The number of rotatable bonds is 4. The van der Waals surface area contributed by atoms with E-state index in [4.69, 9.17) is 16.3 Å². The molecule has 6 nitrogen and oxygen atoms in total. The van der Waals surface area contributed by atoms with Gasteiger partial charge in [0.1, 0.15) is 0 Å². The highest BCUT2D eigenvalue weighted by Gasteiger charge is 2.63. The molecule has 3 fully saturated rings. The lowest BCUT2D eigenvalue weighted by molar-refractivity contribution is 0.00555. The zero-order chi connectivity index (χ0) is 18.3. The fraction of sp³-hybridized carbons (Fsp3) is 0.579. The van der Waals surface area contributed by atoms with E-state index in [1.54, 1.807) is 24.3 Å². The van der Waals surface area contributed by atoms with Gasteiger partial charge in [0.25, 0.3) is 5.91 Å². The summed E-state index contributed by atoms with van der Waals surface area (Å²) in [6, 6.07) is 7.02. The Labute approximate surface area is 158 Å². The van der Waals surface area contributed by atoms with Crippen LogP contribution in [0.2, 0.25) is 5.02 Å². The summed E-state index contributed by atoms with van der Waals surface area (Å²) in [6.45, 7) is 4.42. The molecule has 0 aliphatic carbocycles. The molecule has 0 unspecified atom stereocenters. The van der Waals surface area contributed by atoms with Crippen molar-refractivity contribution in [3.05, 3.63) is 34.9 Å². The molecule has 0 aromatic heterocycles. The smallest absolute Gasteiger partial charge is 0.317 e. The number of urea groups is 1. The molecule has 26 heavy (non-hydrogen) atoms. The molecule has 3 aliphatic heterocycles. The molecule has 1 aromatic rings. The van der Waals surface area contributed by atoms with E-state index in [1.807, 2.05) is 11.8 Å². The van der Waals surface area contributed by atoms with E-state index >= 15 is 0 Å². The van der Waals surface area contributed by atoms with Crippen LogP contribution in [0.15, 0.2) is 24.3 Å². The summed E-state index contributed by atoms with van der Waals surface area (Å²) in [5, 5.41) is 6.35. The van der Waals surface area contributed by atoms with E-state index in [9.17, 15) is 9.59 Å². The first-order valence-electron chi connectivity index (χ1n) is 9.27. The molecule has 0 radical (unpaired) electrons. The summed E-state index contributed by atoms with van der Waals surface area (Å²) in [7, 11) is 0. The highest BCUT2D eigenvalue weighted by molar-refractivity contribution is 6.33. The Morgan fingerprint density at radius 2 is 2.15 bits per heavy atom. The van der Waals surface area contributed by atoms with Gasteiger partial charge in [-0.2, -0.15) is 0 Å². The fourth-order valence-electron chi connectivity index (χ4n) is 4.83. The Bertz CT molecular complexity index is 728. The Hall–Kier alpha value is -1.79. The van der Waals surface area contributed by atoms with Crippen molar-refractivity contribution in [2.45, 2.75) is 31.5 Å². The lowest BCUT2D eigenvalue weighted by atomic mass is 9.73. The molecule has 0 saturated carbocycles. The summed E-state index contributed by atoms with van der Waals surface area (Å²) in [5.74, 6) is 0.344. The third-order valence-corrected chi connectivity index (χ3v) is 6.35. The minimum atomic E-state index is -0.227. The topological polar surface area (TPSA) is 70.7 Å². The van der Waals surface area contributed by atoms with E-state index in [2.05, 4.69) is 10.6 Å². The zero-order valence-electron chi connectivity index (χ0n) is 14.8. The maximum absolute atomic E-state index is 12.5. The van der Waals surface area contributed by atoms with Crippen molar-refractivity contribution in [1.82, 2.24) is 15.5 Å². The van der Waals surface area contributed by atoms with Gasteiger partial charge in [0.15, 0.2) is 0 Å². The number of likely N-dealkylation sites (tertiary alicyclic amines) is 1. The molecule has 1 spiro atoms. The number of amides is 3. The number of fused-ring (bicyclic) bond motifs is 1. The van der Waals surface area contributed by atoms with Crippen LogP contribution < -0.4 is 10.6 Å². The third-order valence-electron chi connectivity index (χ3n) is 6.02. The second kappa shape index (κ2) is 6.74. The summed E-state index contributed by atoms with van der Waals surface area (Å²) < 4.78 is 6.32. The number of nitrogens with one attached hydrogen (secondary N) is 2. The van der Waals surface area contributed by atoms with Crippen molar-refractivity contribution in [2.24, 2.45) is 11.8 Å². The number of ether oxygens (including phenoxy) is 1. The number of hydrogen-bond donors (Lipinski definition) is 2. The highest BCUT2D eigenvalue weighted by Crippen LogP contribution is 2.54. The van der Waals surface area contributed by atoms with Crippen LogP contribution in [-0.2, 0) is 4.74 Å². The molecule has 140 valence electrons. The number of benzene rings is 1. The maximum Gasteiger partial charge on any atom is 0.317 e. The number of halogens is 1. The zero-order valence-corrected chi connectivity index (χ0v) is 15.6. The first-order valence-corrected chi connectivity index (χ1v) is 9.65. The first-order chi connectivity index (χ1) is 12.5. The van der Waals surface area contributed by atoms with Gasteiger partial charge < -0.3 is 20.3 Å². The van der Waals surface area contributed by atoms with Crippen LogP contribution in [0.3, 0.4) is 0 Å². The van der Waals surface area contributed by atoms with Crippen LogP contribution in [0.4, 0.5) is 4.79 Å². The van der Waals surface area contributed by atoms with E-state index in [1.165, 1.54) is 0 Å². The highest BCUT2D eigenvalue weighted by atomic mass is 35.5. The van der Waals surface area contributed by atoms with Gasteiger partial charge in [0, 0.05) is 31.5 Å². The second-order valence-electron chi connectivity index (χ2n) is 7.44. The van der Waals surface area contributed by atoms with Crippen LogP contribution >= 0.6 is 11.6 Å². The standard InChI is InChI=1S/C19H24ClN3O3/c1-2-21-18(25)23-10-14-13(16-7-8-19(14,11-23)26-16)9-22-17(24)12-5-3-4-6-15(12)20/h3-6,13-14,16H,2,7-11H2,1H3,(H,21,25)(H,22,24)/t13-,14+,16+,19+/m0/s1. The lowest BCUT2D eigenvalue weighted by Gasteiger charge is -2.29. The molecular formula is C19H24ClN3O3. The van der Waals surface area contributed by atoms with Crippen molar-refractivity contribution in [3.63, 3.8) is 0 Å². The average molecular weight is 378 g/mol. The van der Waals surface area contributed by atoms with Crippen LogP contribution in [0.5, 0.6) is 0 Å². The Morgan fingerprint density at radius 3 is 2.92 bits per heavy atom. The second-order valence-corrected chi connectivity index (χ2v) is 7.84. The molecule has 3 saturated heterocycles. The summed E-state index contributed by atoms with van der Waals surface area (Å²) >= 11 is 6.11. The molecular weight excluding hydrogens is 354 g/mol. The predicted molar refractivity (Wildman–Crippen MR) is 98.2 cm³/mol. The SMILES string of the molecule is CCNC(=O)N1C[C@@H]2[C@H](CNC(=O)c3ccccc3Cl)[C@H]3CC[C@]2(C1)O3. The monoisotopic (exact) mass is 377 g/mol. The summed E-state index contributed by atoms with van der Waals surface area (Å²) in [4.78, 5) is 26.5. The van der Waals surface area contributed by atoms with Gasteiger partial charge in [-0.05, 0) is 31.9 Å². The van der Waals surface area contributed by atoms with Gasteiger partial charge >= 0.3 is 6.03 Å². The van der Waals surface area contributed by atoms with Crippen LogP contribution in [0.1, 0.15) is 30.1 Å². The van der Waals surface area contributed by atoms with Gasteiger partial charge in [-0.1, -0.05) is 23.7 Å². The van der Waals surface area contributed by atoms with Crippen molar-refractivity contribution >= 4 is 23.5 Å². The van der Waals surface area contributed by atoms with E-state index in [0.717, 1.165) is 12.8 Å². The Kier molecular flexibility index (Phi) is 4.57. The van der Waals surface area contributed by atoms with Crippen molar-refractivity contribution in [3.8, 4) is 0 Å². The number of carbonyl (C=O) groups is 2. The molecule has 4 atom stereocenters. The molecule has 2 N–H and O–H groups in total. The molecule has 3 aliphatic rings. The van der Waals surface area contributed by atoms with E-state index < -0.39 is 0 Å². The van der Waals surface area contributed by atoms with E-state index in [0.29, 0.717) is 36.8 Å². The van der Waals surface area contributed by atoms with Gasteiger partial charge in [0.05, 0.1) is 28.8 Å².